The Morgan fingerprint density at radius 1 is 1.29 bits per heavy atom. The Morgan fingerprint density at radius 2 is 2.03 bits per heavy atom. The monoisotopic (exact) mass is 444 g/mol. The van der Waals surface area contributed by atoms with E-state index in [9.17, 15) is 9.59 Å². The van der Waals surface area contributed by atoms with Crippen molar-refractivity contribution in [1.82, 2.24) is 19.8 Å². The number of likely N-dealkylation sites (N-methyl/N-ethyl adjacent to an activating group) is 1. The molecule has 0 saturated carbocycles. The van der Waals surface area contributed by atoms with E-state index in [1.807, 2.05) is 42.7 Å². The van der Waals surface area contributed by atoms with E-state index in [1.165, 1.54) is 12.5 Å². The maximum atomic E-state index is 12.2. The molecule has 3 rings (SSSR count). The molecular formula is C24H33ClN4O2. The summed E-state index contributed by atoms with van der Waals surface area (Å²) in [7, 11) is 0. The standard InChI is InChI=1S/C15H22N4O2.C9H11Cl/c1-4-16-7-5-6-15(21)18-9-11(2)19-13(12(3)20)8-17-14(19)10-18;1-2-5-8-6-3-4-7-9(8)10/h5-6,8,11,16H,4,7,9-10H2,1-3H3;3-4,6-7H,2,5H2,1H3/b6-5+;. The highest BCUT2D eigenvalue weighted by atomic mass is 35.5. The molecule has 1 unspecified atom stereocenters. The third-order valence-electron chi connectivity index (χ3n) is 5.05. The Balaban J connectivity index is 0.000000285. The molecule has 1 atom stereocenters. The quantitative estimate of drug-likeness (QED) is 0.389. The minimum atomic E-state index is -0.0154. The van der Waals surface area contributed by atoms with Crippen LogP contribution >= 0.6 is 11.6 Å². The van der Waals surface area contributed by atoms with Crippen molar-refractivity contribution in [3.05, 3.63) is 64.7 Å². The molecule has 0 saturated heterocycles. The van der Waals surface area contributed by atoms with Gasteiger partial charge < -0.3 is 14.8 Å². The fraction of sp³-hybridized carbons (Fsp3) is 0.458. The van der Waals surface area contributed by atoms with Crippen LogP contribution in [0.1, 0.15) is 62.0 Å². The summed E-state index contributed by atoms with van der Waals surface area (Å²) in [6.07, 6.45) is 7.27. The van der Waals surface area contributed by atoms with E-state index >= 15 is 0 Å². The number of carbonyl (C=O) groups is 2. The fourth-order valence-electron chi connectivity index (χ4n) is 3.54. The van der Waals surface area contributed by atoms with Crippen molar-refractivity contribution in [2.24, 2.45) is 0 Å². The molecule has 1 amide bonds. The molecule has 1 N–H and O–H groups in total. The van der Waals surface area contributed by atoms with Crippen molar-refractivity contribution in [3.8, 4) is 0 Å². The second kappa shape index (κ2) is 12.4. The summed E-state index contributed by atoms with van der Waals surface area (Å²) in [4.78, 5) is 29.8. The Morgan fingerprint density at radius 3 is 2.68 bits per heavy atom. The summed E-state index contributed by atoms with van der Waals surface area (Å²) in [5.74, 6) is 0.761. The van der Waals surface area contributed by atoms with Crippen LogP contribution in [0.4, 0.5) is 0 Å². The van der Waals surface area contributed by atoms with Gasteiger partial charge in [0, 0.05) is 31.1 Å². The minimum Gasteiger partial charge on any atom is -0.330 e. The van der Waals surface area contributed by atoms with Gasteiger partial charge >= 0.3 is 0 Å². The number of amides is 1. The SMILES string of the molecule is CCCc1ccccc1Cl.CCNC/C=C/C(=O)N1Cc2ncc(C(C)=O)n2C(C)C1. The number of rotatable bonds is 7. The van der Waals surface area contributed by atoms with E-state index in [-0.39, 0.29) is 17.7 Å². The predicted octanol–water partition coefficient (Wildman–Crippen LogP) is 4.45. The van der Waals surface area contributed by atoms with Gasteiger partial charge in [0.2, 0.25) is 5.91 Å². The lowest BCUT2D eigenvalue weighted by Gasteiger charge is -2.32. The molecule has 0 aliphatic carbocycles. The zero-order chi connectivity index (χ0) is 22.8. The van der Waals surface area contributed by atoms with Gasteiger partial charge in [-0.15, -0.1) is 0 Å². The number of benzene rings is 1. The number of nitrogens with zero attached hydrogens (tertiary/aromatic N) is 3. The predicted molar refractivity (Wildman–Crippen MR) is 125 cm³/mol. The van der Waals surface area contributed by atoms with Crippen molar-refractivity contribution in [2.75, 3.05) is 19.6 Å². The maximum Gasteiger partial charge on any atom is 0.246 e. The Kier molecular flexibility index (Phi) is 9.95. The number of ketones is 1. The third-order valence-corrected chi connectivity index (χ3v) is 5.42. The van der Waals surface area contributed by atoms with Crippen molar-refractivity contribution in [3.63, 3.8) is 0 Å². The second-order valence-corrected chi connectivity index (χ2v) is 8.01. The zero-order valence-corrected chi connectivity index (χ0v) is 19.7. The molecule has 2 aromatic rings. The van der Waals surface area contributed by atoms with Gasteiger partial charge in [-0.3, -0.25) is 9.59 Å². The first-order valence-corrected chi connectivity index (χ1v) is 11.2. The molecule has 2 heterocycles. The molecule has 7 heteroatoms. The Bertz CT molecular complexity index is 907. The number of carbonyl (C=O) groups excluding carboxylic acids is 2. The van der Waals surface area contributed by atoms with Crippen LogP contribution in [-0.2, 0) is 17.8 Å². The molecule has 6 nitrogen and oxygen atoms in total. The summed E-state index contributed by atoms with van der Waals surface area (Å²) in [5.41, 5.74) is 1.87. The van der Waals surface area contributed by atoms with Gasteiger partial charge in [-0.2, -0.15) is 0 Å². The average molecular weight is 445 g/mol. The molecule has 31 heavy (non-hydrogen) atoms. The van der Waals surface area contributed by atoms with Crippen molar-refractivity contribution < 1.29 is 9.59 Å². The summed E-state index contributed by atoms with van der Waals surface area (Å²) < 4.78 is 1.94. The van der Waals surface area contributed by atoms with E-state index in [1.54, 1.807) is 17.2 Å². The number of hydrogen-bond acceptors (Lipinski definition) is 4. The molecule has 168 valence electrons. The lowest BCUT2D eigenvalue weighted by molar-refractivity contribution is -0.128. The smallest absolute Gasteiger partial charge is 0.246 e. The van der Waals surface area contributed by atoms with Gasteiger partial charge in [0.1, 0.15) is 11.5 Å². The first-order valence-electron chi connectivity index (χ1n) is 10.9. The first kappa shape index (κ1) is 24.8. The molecule has 0 radical (unpaired) electrons. The Labute approximate surface area is 190 Å². The molecule has 1 aliphatic heterocycles. The molecule has 1 aliphatic rings. The largest absolute Gasteiger partial charge is 0.330 e. The lowest BCUT2D eigenvalue weighted by atomic mass is 10.1. The van der Waals surface area contributed by atoms with Gasteiger partial charge in [0.25, 0.3) is 0 Å². The van der Waals surface area contributed by atoms with Crippen LogP contribution in [0.2, 0.25) is 5.02 Å². The van der Waals surface area contributed by atoms with E-state index in [4.69, 9.17) is 11.6 Å². The maximum absolute atomic E-state index is 12.2. The number of aryl methyl sites for hydroxylation is 1. The highest BCUT2D eigenvalue weighted by Gasteiger charge is 2.28. The topological polar surface area (TPSA) is 67.2 Å². The third kappa shape index (κ3) is 7.04. The second-order valence-electron chi connectivity index (χ2n) is 7.61. The van der Waals surface area contributed by atoms with Crippen LogP contribution in [0.5, 0.6) is 0 Å². The van der Waals surface area contributed by atoms with Gasteiger partial charge in [-0.1, -0.05) is 56.1 Å². The first-order chi connectivity index (χ1) is 14.9. The summed E-state index contributed by atoms with van der Waals surface area (Å²) in [6, 6.07) is 8.05. The molecular weight excluding hydrogens is 412 g/mol. The molecule has 1 aromatic heterocycles. The summed E-state index contributed by atoms with van der Waals surface area (Å²) in [5, 5.41) is 4.03. The summed E-state index contributed by atoms with van der Waals surface area (Å²) >= 11 is 5.90. The van der Waals surface area contributed by atoms with E-state index in [0.29, 0.717) is 25.3 Å². The number of imidazole rings is 1. The van der Waals surface area contributed by atoms with Crippen LogP contribution in [0.25, 0.3) is 0 Å². The number of Topliss-reactive ketones (excluding diaryl/α,β-unsaturated/α-hetero) is 1. The number of fused-ring (bicyclic) bond motifs is 1. The van der Waals surface area contributed by atoms with Crippen LogP contribution in [0.15, 0.2) is 42.6 Å². The molecule has 1 aromatic carbocycles. The van der Waals surface area contributed by atoms with Crippen molar-refractivity contribution in [2.45, 2.75) is 53.1 Å². The number of hydrogen-bond donors (Lipinski definition) is 1. The van der Waals surface area contributed by atoms with Crippen molar-refractivity contribution >= 4 is 23.3 Å². The van der Waals surface area contributed by atoms with E-state index in [0.717, 1.165) is 30.2 Å². The van der Waals surface area contributed by atoms with Crippen LogP contribution in [0, 0.1) is 0 Å². The van der Waals surface area contributed by atoms with Crippen molar-refractivity contribution in [1.29, 1.82) is 0 Å². The van der Waals surface area contributed by atoms with Gasteiger partial charge in [0.15, 0.2) is 5.78 Å². The molecule has 0 bridgehead atoms. The average Bonchev–Trinajstić information content (AvgIpc) is 3.18. The van der Waals surface area contributed by atoms with Crippen LogP contribution < -0.4 is 5.32 Å². The molecule has 0 spiro atoms. The summed E-state index contributed by atoms with van der Waals surface area (Å²) in [6.45, 7) is 10.3. The highest BCUT2D eigenvalue weighted by Crippen LogP contribution is 2.23. The van der Waals surface area contributed by atoms with E-state index in [2.05, 4.69) is 23.3 Å². The van der Waals surface area contributed by atoms with Gasteiger partial charge in [-0.05, 0) is 31.5 Å². The normalized spacial score (nSPS) is 15.4. The van der Waals surface area contributed by atoms with Crippen LogP contribution in [-0.4, -0.2) is 45.8 Å². The van der Waals surface area contributed by atoms with Gasteiger partial charge in [0.05, 0.1) is 18.8 Å². The number of halogens is 1. The van der Waals surface area contributed by atoms with E-state index < -0.39 is 0 Å². The number of nitrogens with one attached hydrogen (secondary N) is 1. The lowest BCUT2D eigenvalue weighted by Crippen LogP contribution is -2.40. The minimum absolute atomic E-state index is 0.00547. The fourth-order valence-corrected chi connectivity index (χ4v) is 3.77. The van der Waals surface area contributed by atoms with Gasteiger partial charge in [-0.25, -0.2) is 4.98 Å². The number of aromatic nitrogens is 2. The zero-order valence-electron chi connectivity index (χ0n) is 18.9. The van der Waals surface area contributed by atoms with Crippen LogP contribution in [0.3, 0.4) is 0 Å². The molecule has 0 fully saturated rings. The highest BCUT2D eigenvalue weighted by molar-refractivity contribution is 6.31. The Hall–Kier alpha value is -2.44.